The number of halogens is 3. The smallest absolute Gasteiger partial charge is 0.433 e. The van der Waals surface area contributed by atoms with Crippen LogP contribution in [0.5, 0.6) is 0 Å². The number of aromatic nitrogens is 2. The average molecular weight is 311 g/mol. The molecule has 0 fully saturated rings. The molecule has 0 spiro atoms. The Morgan fingerprint density at radius 3 is 2.45 bits per heavy atom. The maximum absolute atomic E-state index is 12.7. The number of carbonyl (C=O) groups is 1. The molecule has 0 aliphatic heterocycles. The van der Waals surface area contributed by atoms with Gasteiger partial charge in [0.15, 0.2) is 0 Å². The van der Waals surface area contributed by atoms with Crippen molar-refractivity contribution in [3.8, 4) is 0 Å². The second-order valence-corrected chi connectivity index (χ2v) is 4.37. The van der Waals surface area contributed by atoms with E-state index in [-0.39, 0.29) is 18.9 Å². The summed E-state index contributed by atoms with van der Waals surface area (Å²) in [5.41, 5.74) is -0.558. The zero-order valence-corrected chi connectivity index (χ0v) is 11.3. The van der Waals surface area contributed by atoms with Crippen molar-refractivity contribution < 1.29 is 23.1 Å². The van der Waals surface area contributed by atoms with Crippen LogP contribution in [-0.2, 0) is 11.0 Å². The first-order valence-electron chi connectivity index (χ1n) is 6.32. The van der Waals surface area contributed by atoms with E-state index >= 15 is 0 Å². The van der Waals surface area contributed by atoms with Gasteiger partial charge in [-0.3, -0.25) is 4.79 Å². The predicted molar refractivity (Wildman–Crippen MR) is 72.7 cm³/mol. The maximum atomic E-state index is 12.7. The molecular weight excluding hydrogens is 299 g/mol. The van der Waals surface area contributed by atoms with E-state index in [1.165, 1.54) is 4.90 Å². The molecule has 0 amide bonds. The zero-order valence-electron chi connectivity index (χ0n) is 11.3. The van der Waals surface area contributed by atoms with E-state index in [0.717, 1.165) is 12.3 Å². The van der Waals surface area contributed by atoms with Crippen molar-refractivity contribution in [1.82, 2.24) is 9.97 Å². The van der Waals surface area contributed by atoms with E-state index in [1.54, 1.807) is 30.3 Å². The van der Waals surface area contributed by atoms with Crippen molar-refractivity contribution in [1.29, 1.82) is 0 Å². The second-order valence-electron chi connectivity index (χ2n) is 4.37. The van der Waals surface area contributed by atoms with Crippen molar-refractivity contribution in [3.05, 3.63) is 48.3 Å². The van der Waals surface area contributed by atoms with Crippen molar-refractivity contribution >= 4 is 17.6 Å². The Morgan fingerprint density at radius 1 is 1.18 bits per heavy atom. The van der Waals surface area contributed by atoms with Gasteiger partial charge in [-0.25, -0.2) is 9.97 Å². The van der Waals surface area contributed by atoms with E-state index in [1.807, 2.05) is 0 Å². The lowest BCUT2D eigenvalue weighted by molar-refractivity contribution is -0.141. The largest absolute Gasteiger partial charge is 0.481 e. The number of aliphatic carboxylic acids is 1. The minimum absolute atomic E-state index is 0.0410. The van der Waals surface area contributed by atoms with Gasteiger partial charge in [-0.15, -0.1) is 0 Å². The van der Waals surface area contributed by atoms with Crippen LogP contribution in [0.1, 0.15) is 12.1 Å². The Bertz CT molecular complexity index is 647. The van der Waals surface area contributed by atoms with Gasteiger partial charge in [0, 0.05) is 18.4 Å². The third kappa shape index (κ3) is 3.94. The number of rotatable bonds is 5. The minimum atomic E-state index is -4.59. The van der Waals surface area contributed by atoms with E-state index in [4.69, 9.17) is 5.11 Å². The molecule has 2 rings (SSSR count). The fourth-order valence-corrected chi connectivity index (χ4v) is 1.80. The molecule has 0 unspecified atom stereocenters. The van der Waals surface area contributed by atoms with Crippen LogP contribution in [0.2, 0.25) is 0 Å². The monoisotopic (exact) mass is 311 g/mol. The maximum Gasteiger partial charge on any atom is 0.433 e. The highest BCUT2D eigenvalue weighted by atomic mass is 19.4. The van der Waals surface area contributed by atoms with Crippen LogP contribution in [0.25, 0.3) is 0 Å². The highest BCUT2D eigenvalue weighted by Gasteiger charge is 2.33. The third-order valence-electron chi connectivity index (χ3n) is 2.79. The fraction of sp³-hybridized carbons (Fsp3) is 0.214. The highest BCUT2D eigenvalue weighted by Crippen LogP contribution is 2.29. The summed E-state index contributed by atoms with van der Waals surface area (Å²) in [6, 6.07) is 9.18. The molecule has 8 heteroatoms. The summed E-state index contributed by atoms with van der Waals surface area (Å²) >= 11 is 0. The molecule has 0 saturated carbocycles. The molecule has 1 aromatic carbocycles. The Balaban J connectivity index is 2.38. The van der Waals surface area contributed by atoms with E-state index in [2.05, 4.69) is 9.97 Å². The molecule has 1 heterocycles. The Hall–Kier alpha value is -2.64. The van der Waals surface area contributed by atoms with Gasteiger partial charge < -0.3 is 10.0 Å². The van der Waals surface area contributed by atoms with Crippen LogP contribution in [0.3, 0.4) is 0 Å². The molecule has 0 aliphatic carbocycles. The van der Waals surface area contributed by atoms with Gasteiger partial charge in [0.05, 0.1) is 6.42 Å². The lowest BCUT2D eigenvalue weighted by atomic mass is 10.2. The molecule has 5 nitrogen and oxygen atoms in total. The number of anilines is 2. The van der Waals surface area contributed by atoms with E-state index < -0.39 is 17.8 Å². The van der Waals surface area contributed by atoms with Gasteiger partial charge in [-0.05, 0) is 18.2 Å². The van der Waals surface area contributed by atoms with E-state index in [0.29, 0.717) is 5.69 Å². The molecular formula is C14H12F3N3O2. The molecule has 116 valence electrons. The predicted octanol–water partition coefficient (Wildman–Crippen LogP) is 3.11. The molecule has 0 aliphatic rings. The van der Waals surface area contributed by atoms with Crippen molar-refractivity contribution in [2.75, 3.05) is 11.4 Å². The van der Waals surface area contributed by atoms with Crippen LogP contribution in [-0.4, -0.2) is 27.6 Å². The Kier molecular flexibility index (Phi) is 4.59. The lowest BCUT2D eigenvalue weighted by Crippen LogP contribution is -2.24. The number of alkyl halides is 3. The van der Waals surface area contributed by atoms with E-state index in [9.17, 15) is 18.0 Å². The zero-order chi connectivity index (χ0) is 16.2. The van der Waals surface area contributed by atoms with Gasteiger partial charge in [-0.2, -0.15) is 13.2 Å². The first kappa shape index (κ1) is 15.7. The summed E-state index contributed by atoms with van der Waals surface area (Å²) in [5, 5.41) is 8.79. The first-order chi connectivity index (χ1) is 10.4. The van der Waals surface area contributed by atoms with Crippen LogP contribution in [0.15, 0.2) is 42.6 Å². The van der Waals surface area contributed by atoms with Crippen LogP contribution in [0.4, 0.5) is 24.8 Å². The molecule has 0 saturated heterocycles. The summed E-state index contributed by atoms with van der Waals surface area (Å²) in [7, 11) is 0. The minimum Gasteiger partial charge on any atom is -0.481 e. The van der Waals surface area contributed by atoms with Crippen LogP contribution >= 0.6 is 0 Å². The molecule has 22 heavy (non-hydrogen) atoms. The van der Waals surface area contributed by atoms with Gasteiger partial charge in [0.1, 0.15) is 5.69 Å². The average Bonchev–Trinajstić information content (AvgIpc) is 2.48. The number of hydrogen-bond donors (Lipinski definition) is 1. The number of carboxylic acids is 1. The van der Waals surface area contributed by atoms with Crippen LogP contribution < -0.4 is 4.90 Å². The topological polar surface area (TPSA) is 66.3 Å². The third-order valence-corrected chi connectivity index (χ3v) is 2.79. The van der Waals surface area contributed by atoms with Gasteiger partial charge in [-0.1, -0.05) is 18.2 Å². The highest BCUT2D eigenvalue weighted by molar-refractivity contribution is 5.68. The standard InChI is InChI=1S/C14H12F3N3O2/c15-14(16,17)11-6-8-18-13(19-11)20(9-7-12(21)22)10-4-2-1-3-5-10/h1-6,8H,7,9H2,(H,21,22). The van der Waals surface area contributed by atoms with Gasteiger partial charge >= 0.3 is 12.1 Å². The van der Waals surface area contributed by atoms with Crippen molar-refractivity contribution in [3.63, 3.8) is 0 Å². The lowest BCUT2D eigenvalue weighted by Gasteiger charge is -2.22. The fourth-order valence-electron chi connectivity index (χ4n) is 1.80. The van der Waals surface area contributed by atoms with Gasteiger partial charge in [0.2, 0.25) is 5.95 Å². The number of carboxylic acid groups (broad SMARTS) is 1. The number of nitrogens with zero attached hydrogens (tertiary/aromatic N) is 3. The SMILES string of the molecule is O=C(O)CCN(c1ccccc1)c1nccc(C(F)(F)F)n1. The number of para-hydroxylation sites is 1. The molecule has 0 atom stereocenters. The molecule has 1 N–H and O–H groups in total. The van der Waals surface area contributed by atoms with Gasteiger partial charge in [0.25, 0.3) is 0 Å². The summed E-state index contributed by atoms with van der Waals surface area (Å²) in [4.78, 5) is 19.4. The quantitative estimate of drug-likeness (QED) is 0.919. The summed E-state index contributed by atoms with van der Waals surface area (Å²) < 4.78 is 38.2. The summed E-state index contributed by atoms with van der Waals surface area (Å²) in [6.45, 7) is -0.0410. The Morgan fingerprint density at radius 2 is 1.86 bits per heavy atom. The van der Waals surface area contributed by atoms with Crippen molar-refractivity contribution in [2.24, 2.45) is 0 Å². The Labute approximate surface area is 124 Å². The number of hydrogen-bond acceptors (Lipinski definition) is 4. The number of benzene rings is 1. The van der Waals surface area contributed by atoms with Crippen LogP contribution in [0, 0.1) is 0 Å². The molecule has 0 radical (unpaired) electrons. The molecule has 1 aromatic heterocycles. The summed E-state index contributed by atoms with van der Waals surface area (Å²) in [5.74, 6) is -1.25. The summed E-state index contributed by atoms with van der Waals surface area (Å²) in [6.07, 6.45) is -3.84. The normalized spacial score (nSPS) is 11.2. The molecule has 2 aromatic rings. The second kappa shape index (κ2) is 6.42. The molecule has 0 bridgehead atoms. The van der Waals surface area contributed by atoms with Crippen molar-refractivity contribution in [2.45, 2.75) is 12.6 Å². The first-order valence-corrected chi connectivity index (χ1v) is 6.32.